The molecule has 0 unspecified atom stereocenters. The molecule has 0 spiro atoms. The number of aromatic nitrogens is 1. The summed E-state index contributed by atoms with van der Waals surface area (Å²) in [5, 5.41) is 0. The van der Waals surface area contributed by atoms with Gasteiger partial charge in [0.25, 0.3) is 5.56 Å². The highest BCUT2D eigenvalue weighted by Gasteiger charge is 2.03. The minimum Gasteiger partial charge on any atom is -0.385 e. The molecule has 1 aromatic heterocycles. The van der Waals surface area contributed by atoms with Crippen molar-refractivity contribution >= 4 is 5.82 Å². The van der Waals surface area contributed by atoms with Gasteiger partial charge in [-0.15, -0.1) is 0 Å². The molecule has 0 radical (unpaired) electrons. The molecule has 0 fully saturated rings. The topological polar surface area (TPSA) is 48.0 Å². The molecule has 0 atom stereocenters. The van der Waals surface area contributed by atoms with Crippen molar-refractivity contribution in [2.75, 3.05) is 5.73 Å². The second kappa shape index (κ2) is 4.23. The number of hydrogen-bond donors (Lipinski definition) is 1. The highest BCUT2D eigenvalue weighted by molar-refractivity contribution is 5.65. The Morgan fingerprint density at radius 3 is 2.38 bits per heavy atom. The van der Waals surface area contributed by atoms with Crippen LogP contribution in [0.15, 0.2) is 47.3 Å². The van der Waals surface area contributed by atoms with Crippen molar-refractivity contribution in [3.63, 3.8) is 0 Å². The van der Waals surface area contributed by atoms with Crippen LogP contribution >= 0.6 is 0 Å². The monoisotopic (exact) mass is 214 g/mol. The van der Waals surface area contributed by atoms with Crippen molar-refractivity contribution in [3.8, 4) is 11.1 Å². The molecule has 0 aliphatic heterocycles. The van der Waals surface area contributed by atoms with Gasteiger partial charge in [-0.3, -0.25) is 9.36 Å². The van der Waals surface area contributed by atoms with E-state index in [0.717, 1.165) is 11.1 Å². The Kier molecular flexibility index (Phi) is 2.77. The molecule has 1 heterocycles. The fourth-order valence-electron chi connectivity index (χ4n) is 1.75. The van der Waals surface area contributed by atoms with Gasteiger partial charge in [0.05, 0.1) is 0 Å². The van der Waals surface area contributed by atoms with Crippen LogP contribution in [0.1, 0.15) is 6.92 Å². The largest absolute Gasteiger partial charge is 0.385 e. The molecule has 3 nitrogen and oxygen atoms in total. The normalized spacial score (nSPS) is 10.3. The van der Waals surface area contributed by atoms with Gasteiger partial charge in [-0.2, -0.15) is 0 Å². The number of nitrogens with two attached hydrogens (primary N) is 1. The van der Waals surface area contributed by atoms with Crippen LogP contribution in [0.5, 0.6) is 0 Å². The van der Waals surface area contributed by atoms with Crippen LogP contribution in [0.3, 0.4) is 0 Å². The zero-order chi connectivity index (χ0) is 11.5. The number of rotatable bonds is 2. The van der Waals surface area contributed by atoms with E-state index in [-0.39, 0.29) is 5.56 Å². The summed E-state index contributed by atoms with van der Waals surface area (Å²) >= 11 is 0. The van der Waals surface area contributed by atoms with E-state index in [9.17, 15) is 4.79 Å². The van der Waals surface area contributed by atoms with Gasteiger partial charge in [-0.1, -0.05) is 30.3 Å². The molecule has 1 aromatic carbocycles. The maximum Gasteiger partial charge on any atom is 0.252 e. The molecule has 2 aromatic rings. The first-order chi connectivity index (χ1) is 7.72. The van der Waals surface area contributed by atoms with Crippen molar-refractivity contribution in [2.45, 2.75) is 13.5 Å². The zero-order valence-electron chi connectivity index (χ0n) is 9.18. The number of anilines is 1. The average molecular weight is 214 g/mol. The molecule has 0 aliphatic carbocycles. The smallest absolute Gasteiger partial charge is 0.252 e. The van der Waals surface area contributed by atoms with Gasteiger partial charge in [-0.25, -0.2) is 0 Å². The standard InChI is InChI=1S/C13H14N2O/c1-2-15-12(14)8-11(9-13(15)16)10-6-4-3-5-7-10/h3-9H,2,14H2,1H3. The Balaban J connectivity index is 2.57. The number of pyridine rings is 1. The first kappa shape index (κ1) is 10.5. The quantitative estimate of drug-likeness (QED) is 0.832. The van der Waals surface area contributed by atoms with Crippen LogP contribution in [0.4, 0.5) is 5.82 Å². The van der Waals surface area contributed by atoms with Crippen molar-refractivity contribution in [2.24, 2.45) is 0 Å². The van der Waals surface area contributed by atoms with E-state index in [1.54, 1.807) is 10.6 Å². The van der Waals surface area contributed by atoms with Gasteiger partial charge in [0.1, 0.15) is 5.82 Å². The summed E-state index contributed by atoms with van der Waals surface area (Å²) in [4.78, 5) is 11.7. The van der Waals surface area contributed by atoms with E-state index in [1.807, 2.05) is 43.3 Å². The van der Waals surface area contributed by atoms with Crippen molar-refractivity contribution in [1.29, 1.82) is 0 Å². The third-order valence-electron chi connectivity index (χ3n) is 2.58. The van der Waals surface area contributed by atoms with Crippen molar-refractivity contribution in [1.82, 2.24) is 4.57 Å². The Morgan fingerprint density at radius 1 is 1.12 bits per heavy atom. The van der Waals surface area contributed by atoms with Gasteiger partial charge in [0.15, 0.2) is 0 Å². The molecule has 0 saturated carbocycles. The fourth-order valence-corrected chi connectivity index (χ4v) is 1.75. The second-order valence-corrected chi connectivity index (χ2v) is 3.62. The Morgan fingerprint density at radius 2 is 1.81 bits per heavy atom. The predicted octanol–water partition coefficient (Wildman–Crippen LogP) is 2.12. The first-order valence-electron chi connectivity index (χ1n) is 5.28. The lowest BCUT2D eigenvalue weighted by Crippen LogP contribution is -2.21. The van der Waals surface area contributed by atoms with Gasteiger partial charge in [0.2, 0.25) is 0 Å². The minimum absolute atomic E-state index is 0.0543. The summed E-state index contributed by atoms with van der Waals surface area (Å²) < 4.78 is 1.55. The number of benzene rings is 1. The maximum absolute atomic E-state index is 11.7. The van der Waals surface area contributed by atoms with Gasteiger partial charge in [-0.05, 0) is 24.1 Å². The SMILES string of the molecule is CCn1c(N)cc(-c2ccccc2)cc1=O. The van der Waals surface area contributed by atoms with Crippen LogP contribution < -0.4 is 11.3 Å². The van der Waals surface area contributed by atoms with Crippen molar-refractivity contribution in [3.05, 3.63) is 52.8 Å². The molecule has 0 bridgehead atoms. The molecule has 0 amide bonds. The highest BCUT2D eigenvalue weighted by atomic mass is 16.1. The molecule has 2 rings (SSSR count). The summed E-state index contributed by atoms with van der Waals surface area (Å²) in [7, 11) is 0. The van der Waals surface area contributed by atoms with E-state index in [0.29, 0.717) is 12.4 Å². The summed E-state index contributed by atoms with van der Waals surface area (Å²) in [5.41, 5.74) is 7.66. The van der Waals surface area contributed by atoms with Crippen molar-refractivity contribution < 1.29 is 0 Å². The first-order valence-corrected chi connectivity index (χ1v) is 5.28. The number of hydrogen-bond acceptors (Lipinski definition) is 2. The Bertz CT molecular complexity index is 544. The molecule has 3 heteroatoms. The average Bonchev–Trinajstić information content (AvgIpc) is 2.30. The minimum atomic E-state index is -0.0543. The van der Waals surface area contributed by atoms with Gasteiger partial charge in [0, 0.05) is 12.6 Å². The van der Waals surface area contributed by atoms with E-state index in [1.165, 1.54) is 0 Å². The lowest BCUT2D eigenvalue weighted by molar-refractivity contribution is 0.740. The summed E-state index contributed by atoms with van der Waals surface area (Å²) in [5.74, 6) is 0.508. The lowest BCUT2D eigenvalue weighted by Gasteiger charge is -2.08. The highest BCUT2D eigenvalue weighted by Crippen LogP contribution is 2.18. The maximum atomic E-state index is 11.7. The summed E-state index contributed by atoms with van der Waals surface area (Å²) in [6, 6.07) is 13.2. The molecule has 16 heavy (non-hydrogen) atoms. The summed E-state index contributed by atoms with van der Waals surface area (Å²) in [6.07, 6.45) is 0. The third kappa shape index (κ3) is 1.84. The summed E-state index contributed by atoms with van der Waals surface area (Å²) in [6.45, 7) is 2.50. The third-order valence-corrected chi connectivity index (χ3v) is 2.58. The van der Waals surface area contributed by atoms with E-state index >= 15 is 0 Å². The van der Waals surface area contributed by atoms with E-state index in [4.69, 9.17) is 5.73 Å². The molecular formula is C13H14N2O. The molecule has 82 valence electrons. The number of nitrogens with zero attached hydrogens (tertiary/aromatic N) is 1. The fraction of sp³-hybridized carbons (Fsp3) is 0.154. The van der Waals surface area contributed by atoms with Crippen LogP contribution in [-0.2, 0) is 6.54 Å². The van der Waals surface area contributed by atoms with Crippen LogP contribution in [0.2, 0.25) is 0 Å². The Hall–Kier alpha value is -2.03. The second-order valence-electron chi connectivity index (χ2n) is 3.62. The lowest BCUT2D eigenvalue weighted by atomic mass is 10.1. The van der Waals surface area contributed by atoms with Crippen LogP contribution in [-0.4, -0.2) is 4.57 Å². The van der Waals surface area contributed by atoms with Gasteiger partial charge < -0.3 is 5.73 Å². The Labute approximate surface area is 94.1 Å². The molecular weight excluding hydrogens is 200 g/mol. The van der Waals surface area contributed by atoms with E-state index < -0.39 is 0 Å². The van der Waals surface area contributed by atoms with Crippen LogP contribution in [0, 0.1) is 0 Å². The molecule has 2 N–H and O–H groups in total. The van der Waals surface area contributed by atoms with E-state index in [2.05, 4.69) is 0 Å². The van der Waals surface area contributed by atoms with Gasteiger partial charge >= 0.3 is 0 Å². The molecule has 0 aliphatic rings. The van der Waals surface area contributed by atoms with Crippen LogP contribution in [0.25, 0.3) is 11.1 Å². The molecule has 0 saturated heterocycles. The zero-order valence-corrected chi connectivity index (χ0v) is 9.18. The number of nitrogen functional groups attached to an aromatic ring is 1. The predicted molar refractivity (Wildman–Crippen MR) is 66.2 cm³/mol.